The van der Waals surface area contributed by atoms with Gasteiger partial charge in [-0.05, 0) is 36.4 Å². The van der Waals surface area contributed by atoms with Crippen molar-refractivity contribution in [1.82, 2.24) is 14.8 Å². The molecular formula is C23H18N4O4. The van der Waals surface area contributed by atoms with Gasteiger partial charge in [-0.25, -0.2) is 14.6 Å². The molecular weight excluding hydrogens is 396 g/mol. The van der Waals surface area contributed by atoms with Gasteiger partial charge in [-0.1, -0.05) is 12.1 Å². The zero-order valence-electron chi connectivity index (χ0n) is 17.1. The third-order valence-electron chi connectivity index (χ3n) is 5.39. The van der Waals surface area contributed by atoms with E-state index in [0.717, 1.165) is 10.5 Å². The number of nitrogens with zero attached hydrogens (tertiary/aromatic N) is 4. The molecule has 2 aromatic carbocycles. The normalized spacial score (nSPS) is 13.1. The number of aromatic nitrogens is 3. The average Bonchev–Trinajstić information content (AvgIpc) is 3.27. The molecule has 0 unspecified atom stereocenters. The summed E-state index contributed by atoms with van der Waals surface area (Å²) in [5.41, 5.74) is 2.81. The van der Waals surface area contributed by atoms with Crippen LogP contribution >= 0.6 is 0 Å². The molecule has 5 rings (SSSR count). The Morgan fingerprint density at radius 3 is 2.35 bits per heavy atom. The standard InChI is InChI=1S/C23H18N4O4/c1-26-21-19(20(25-26)13-8-10-14(30-2)11-9-13)18-15(12-24-21)22(28)27(23(18)29)16-6-4-5-7-17(16)31-3/h4-12H,1-3H3. The summed E-state index contributed by atoms with van der Waals surface area (Å²) in [6.45, 7) is 0. The molecule has 154 valence electrons. The van der Waals surface area contributed by atoms with Gasteiger partial charge in [0.2, 0.25) is 0 Å². The number of ether oxygens (including phenoxy) is 2. The van der Waals surface area contributed by atoms with E-state index in [9.17, 15) is 9.59 Å². The van der Waals surface area contributed by atoms with Gasteiger partial charge in [-0.2, -0.15) is 5.10 Å². The number of benzene rings is 2. The number of carbonyl (C=O) groups is 2. The molecule has 2 amide bonds. The SMILES string of the molecule is COc1ccc(-c2nn(C)c3ncc4c(c23)C(=O)N(c2ccccc2OC)C4=O)cc1. The number of hydrogen-bond acceptors (Lipinski definition) is 6. The van der Waals surface area contributed by atoms with E-state index in [4.69, 9.17) is 9.47 Å². The molecule has 1 aliphatic rings. The second kappa shape index (κ2) is 6.94. The molecule has 4 aromatic rings. The first-order chi connectivity index (χ1) is 15.0. The highest BCUT2D eigenvalue weighted by Gasteiger charge is 2.41. The lowest BCUT2D eigenvalue weighted by atomic mass is 10.0. The van der Waals surface area contributed by atoms with Gasteiger partial charge in [-0.3, -0.25) is 9.59 Å². The Morgan fingerprint density at radius 2 is 1.65 bits per heavy atom. The summed E-state index contributed by atoms with van der Waals surface area (Å²) in [5.74, 6) is 0.270. The summed E-state index contributed by atoms with van der Waals surface area (Å²) in [6, 6.07) is 14.3. The van der Waals surface area contributed by atoms with E-state index < -0.39 is 11.8 Å². The number of carbonyl (C=O) groups excluding carboxylic acids is 2. The Kier molecular flexibility index (Phi) is 4.21. The van der Waals surface area contributed by atoms with Crippen LogP contribution in [0.5, 0.6) is 11.5 Å². The molecule has 8 nitrogen and oxygen atoms in total. The number of para-hydroxylation sites is 2. The molecule has 0 N–H and O–H groups in total. The smallest absolute Gasteiger partial charge is 0.267 e. The number of aryl methyl sites for hydroxylation is 1. The maximum Gasteiger partial charge on any atom is 0.267 e. The average molecular weight is 414 g/mol. The number of rotatable bonds is 4. The van der Waals surface area contributed by atoms with Gasteiger partial charge in [0.25, 0.3) is 11.8 Å². The van der Waals surface area contributed by atoms with Crippen molar-refractivity contribution in [1.29, 1.82) is 0 Å². The quantitative estimate of drug-likeness (QED) is 0.476. The summed E-state index contributed by atoms with van der Waals surface area (Å²) in [4.78, 5) is 32.3. The molecule has 0 fully saturated rings. The van der Waals surface area contributed by atoms with Crippen molar-refractivity contribution in [3.05, 3.63) is 65.9 Å². The lowest BCUT2D eigenvalue weighted by Crippen LogP contribution is -2.29. The number of amides is 2. The molecule has 0 saturated heterocycles. The van der Waals surface area contributed by atoms with E-state index in [2.05, 4.69) is 10.1 Å². The Labute approximate surface area is 177 Å². The Bertz CT molecular complexity index is 1360. The molecule has 0 aliphatic carbocycles. The van der Waals surface area contributed by atoms with Crippen molar-refractivity contribution in [2.75, 3.05) is 19.1 Å². The van der Waals surface area contributed by atoms with Crippen LogP contribution in [-0.2, 0) is 7.05 Å². The van der Waals surface area contributed by atoms with Crippen molar-refractivity contribution < 1.29 is 19.1 Å². The van der Waals surface area contributed by atoms with Gasteiger partial charge in [0.1, 0.15) is 17.2 Å². The molecule has 3 heterocycles. The molecule has 0 atom stereocenters. The van der Waals surface area contributed by atoms with Crippen molar-refractivity contribution >= 4 is 28.5 Å². The fourth-order valence-electron chi connectivity index (χ4n) is 3.91. The van der Waals surface area contributed by atoms with Crippen LogP contribution in [0.3, 0.4) is 0 Å². The summed E-state index contributed by atoms with van der Waals surface area (Å²) < 4.78 is 12.2. The largest absolute Gasteiger partial charge is 0.497 e. The number of anilines is 1. The van der Waals surface area contributed by atoms with Crippen molar-refractivity contribution in [3.63, 3.8) is 0 Å². The Balaban J connectivity index is 1.74. The summed E-state index contributed by atoms with van der Waals surface area (Å²) in [6.07, 6.45) is 1.44. The Hall–Kier alpha value is -4.20. The van der Waals surface area contributed by atoms with E-state index in [1.54, 1.807) is 43.1 Å². The maximum absolute atomic E-state index is 13.5. The van der Waals surface area contributed by atoms with Gasteiger partial charge in [-0.15, -0.1) is 0 Å². The summed E-state index contributed by atoms with van der Waals surface area (Å²) in [5, 5.41) is 5.13. The third-order valence-corrected chi connectivity index (χ3v) is 5.39. The van der Waals surface area contributed by atoms with Crippen LogP contribution in [0.15, 0.2) is 54.7 Å². The number of imide groups is 1. The highest BCUT2D eigenvalue weighted by atomic mass is 16.5. The molecule has 8 heteroatoms. The van der Waals surface area contributed by atoms with E-state index in [1.807, 2.05) is 24.3 Å². The molecule has 2 aromatic heterocycles. The number of methoxy groups -OCH3 is 2. The zero-order chi connectivity index (χ0) is 21.7. The first-order valence-corrected chi connectivity index (χ1v) is 9.57. The first kappa shape index (κ1) is 18.8. The second-order valence-corrected chi connectivity index (χ2v) is 7.06. The molecule has 0 spiro atoms. The second-order valence-electron chi connectivity index (χ2n) is 7.06. The first-order valence-electron chi connectivity index (χ1n) is 9.57. The van der Waals surface area contributed by atoms with Gasteiger partial charge >= 0.3 is 0 Å². The van der Waals surface area contributed by atoms with Crippen molar-refractivity contribution in [2.45, 2.75) is 0 Å². The number of fused-ring (bicyclic) bond motifs is 3. The van der Waals surface area contributed by atoms with E-state index in [-0.39, 0.29) is 5.56 Å². The maximum atomic E-state index is 13.5. The van der Waals surface area contributed by atoms with Gasteiger partial charge < -0.3 is 9.47 Å². The fraction of sp³-hybridized carbons (Fsp3) is 0.130. The molecule has 31 heavy (non-hydrogen) atoms. The Morgan fingerprint density at radius 1 is 0.903 bits per heavy atom. The van der Waals surface area contributed by atoms with Crippen LogP contribution < -0.4 is 14.4 Å². The monoisotopic (exact) mass is 414 g/mol. The van der Waals surface area contributed by atoms with Crippen LogP contribution in [-0.4, -0.2) is 40.8 Å². The molecule has 1 aliphatic heterocycles. The van der Waals surface area contributed by atoms with Crippen LogP contribution in [0.2, 0.25) is 0 Å². The zero-order valence-corrected chi connectivity index (χ0v) is 17.1. The van der Waals surface area contributed by atoms with Crippen LogP contribution in [0.1, 0.15) is 20.7 Å². The van der Waals surface area contributed by atoms with Crippen LogP contribution in [0, 0.1) is 0 Å². The molecule has 0 radical (unpaired) electrons. The predicted molar refractivity (Wildman–Crippen MR) is 115 cm³/mol. The number of pyridine rings is 1. The minimum Gasteiger partial charge on any atom is -0.497 e. The van der Waals surface area contributed by atoms with Crippen molar-refractivity contribution in [2.24, 2.45) is 7.05 Å². The number of hydrogen-bond donors (Lipinski definition) is 0. The summed E-state index contributed by atoms with van der Waals surface area (Å²) >= 11 is 0. The van der Waals surface area contributed by atoms with E-state index in [0.29, 0.717) is 39.5 Å². The lowest BCUT2D eigenvalue weighted by Gasteiger charge is -2.16. The van der Waals surface area contributed by atoms with Crippen LogP contribution in [0.4, 0.5) is 5.69 Å². The highest BCUT2D eigenvalue weighted by Crippen LogP contribution is 2.39. The third kappa shape index (κ3) is 2.68. The lowest BCUT2D eigenvalue weighted by molar-refractivity contribution is 0.0925. The van der Waals surface area contributed by atoms with Gasteiger partial charge in [0, 0.05) is 18.8 Å². The topological polar surface area (TPSA) is 86.6 Å². The van der Waals surface area contributed by atoms with Gasteiger partial charge in [0.05, 0.1) is 36.4 Å². The molecule has 0 saturated carbocycles. The minimum atomic E-state index is -0.441. The predicted octanol–water partition coefficient (Wildman–Crippen LogP) is 3.45. The van der Waals surface area contributed by atoms with Crippen LogP contribution in [0.25, 0.3) is 22.3 Å². The highest BCUT2D eigenvalue weighted by molar-refractivity contribution is 6.38. The summed E-state index contributed by atoms with van der Waals surface area (Å²) in [7, 11) is 4.85. The fourth-order valence-corrected chi connectivity index (χ4v) is 3.91. The van der Waals surface area contributed by atoms with Gasteiger partial charge in [0.15, 0.2) is 5.65 Å². The minimum absolute atomic E-state index is 0.242. The van der Waals surface area contributed by atoms with E-state index >= 15 is 0 Å². The van der Waals surface area contributed by atoms with E-state index in [1.165, 1.54) is 13.3 Å². The molecule has 0 bridgehead atoms. The van der Waals surface area contributed by atoms with Crippen molar-refractivity contribution in [3.8, 4) is 22.8 Å².